The zero-order valence-corrected chi connectivity index (χ0v) is 13.8. The van der Waals surface area contributed by atoms with Crippen molar-refractivity contribution in [3.63, 3.8) is 0 Å². The fourth-order valence-corrected chi connectivity index (χ4v) is 5.76. The molecule has 0 aliphatic heterocycles. The molecule has 4 atom stereocenters. The van der Waals surface area contributed by atoms with Gasteiger partial charge in [0.15, 0.2) is 0 Å². The number of carbonyl (C=O) groups is 3. The first-order valence-corrected chi connectivity index (χ1v) is 8.95. The van der Waals surface area contributed by atoms with Gasteiger partial charge in [0, 0.05) is 4.88 Å². The van der Waals surface area contributed by atoms with E-state index in [2.05, 4.69) is 5.32 Å². The number of carbonyl (C=O) groups excluding carboxylic acids is 2. The Morgan fingerprint density at radius 1 is 1.17 bits per heavy atom. The molecule has 2 bridgehead atoms. The van der Waals surface area contributed by atoms with Gasteiger partial charge in [-0.3, -0.25) is 14.4 Å². The molecule has 7 heteroatoms. The van der Waals surface area contributed by atoms with Crippen LogP contribution in [0.4, 0.5) is 5.00 Å². The van der Waals surface area contributed by atoms with Gasteiger partial charge in [0.25, 0.3) is 5.91 Å². The van der Waals surface area contributed by atoms with Crippen LogP contribution in [0.2, 0.25) is 0 Å². The van der Waals surface area contributed by atoms with Gasteiger partial charge in [-0.15, -0.1) is 11.3 Å². The number of nitrogens with two attached hydrogens (primary N) is 1. The molecule has 1 aromatic rings. The first-order chi connectivity index (χ1) is 11.5. The van der Waals surface area contributed by atoms with Crippen LogP contribution in [-0.4, -0.2) is 22.9 Å². The Kier molecular flexibility index (Phi) is 3.49. The number of nitrogens with one attached hydrogen (secondary N) is 1. The van der Waals surface area contributed by atoms with Crippen LogP contribution in [-0.2, 0) is 22.4 Å². The van der Waals surface area contributed by atoms with Gasteiger partial charge in [-0.2, -0.15) is 0 Å². The number of fused-ring (bicyclic) bond motifs is 3. The zero-order chi connectivity index (χ0) is 17.0. The Labute approximate surface area is 142 Å². The highest BCUT2D eigenvalue weighted by molar-refractivity contribution is 7.17. The van der Waals surface area contributed by atoms with Crippen molar-refractivity contribution in [1.29, 1.82) is 0 Å². The molecule has 0 unspecified atom stereocenters. The largest absolute Gasteiger partial charge is 0.481 e. The molecule has 4 N–H and O–H groups in total. The Hall–Kier alpha value is -2.15. The molecule has 0 radical (unpaired) electrons. The molecule has 3 aliphatic carbocycles. The Balaban J connectivity index is 1.62. The van der Waals surface area contributed by atoms with Crippen LogP contribution in [0.3, 0.4) is 0 Å². The summed E-state index contributed by atoms with van der Waals surface area (Å²) in [6, 6.07) is 0. The Morgan fingerprint density at radius 3 is 2.54 bits per heavy atom. The number of carboxylic acid groups (broad SMARTS) is 1. The Bertz CT molecular complexity index is 782. The maximum Gasteiger partial charge on any atom is 0.307 e. The lowest BCUT2D eigenvalue weighted by Crippen LogP contribution is -2.36. The molecule has 1 saturated carbocycles. The Morgan fingerprint density at radius 2 is 1.88 bits per heavy atom. The summed E-state index contributed by atoms with van der Waals surface area (Å²) in [6.07, 6.45) is 7.24. The van der Waals surface area contributed by atoms with E-state index in [1.165, 1.54) is 11.3 Å². The summed E-state index contributed by atoms with van der Waals surface area (Å²) in [5.74, 6) is -3.18. The lowest BCUT2D eigenvalue weighted by atomic mass is 9.82. The minimum atomic E-state index is -0.934. The van der Waals surface area contributed by atoms with Crippen molar-refractivity contribution in [2.45, 2.75) is 25.7 Å². The third kappa shape index (κ3) is 2.18. The molecular weight excluding hydrogens is 328 g/mol. The molecule has 1 fully saturated rings. The van der Waals surface area contributed by atoms with Gasteiger partial charge in [-0.05, 0) is 43.1 Å². The number of carboxylic acids is 1. The molecule has 126 valence electrons. The van der Waals surface area contributed by atoms with Crippen LogP contribution < -0.4 is 11.1 Å². The summed E-state index contributed by atoms with van der Waals surface area (Å²) in [5, 5.41) is 12.8. The highest BCUT2D eigenvalue weighted by Crippen LogP contribution is 2.49. The van der Waals surface area contributed by atoms with Gasteiger partial charge in [0.2, 0.25) is 5.91 Å². The number of thiophene rings is 1. The standard InChI is InChI=1S/C17H18N2O4S/c18-14(20)13-9-2-1-3-10(9)24-16(13)19-15(21)11-7-4-5-8(6-7)12(11)17(22)23/h4-5,7-8,11-12H,1-3,6H2,(H2,18,20)(H,19,21)(H,22,23)/t7-,8-,11+,12+/m0/s1. The number of aliphatic carboxylic acids is 1. The number of anilines is 1. The van der Waals surface area contributed by atoms with E-state index in [-0.39, 0.29) is 17.7 Å². The normalized spacial score (nSPS) is 29.7. The second kappa shape index (κ2) is 5.44. The highest BCUT2D eigenvalue weighted by Gasteiger charge is 2.51. The predicted octanol–water partition coefficient (Wildman–Crippen LogP) is 1.80. The van der Waals surface area contributed by atoms with E-state index in [9.17, 15) is 19.5 Å². The van der Waals surface area contributed by atoms with Crippen LogP contribution in [0, 0.1) is 23.7 Å². The second-order valence-corrected chi connectivity index (χ2v) is 7.86. The summed E-state index contributed by atoms with van der Waals surface area (Å²) >= 11 is 1.40. The first-order valence-electron chi connectivity index (χ1n) is 8.13. The monoisotopic (exact) mass is 346 g/mol. The first kappa shape index (κ1) is 15.4. The van der Waals surface area contributed by atoms with Crippen molar-refractivity contribution in [2.75, 3.05) is 5.32 Å². The summed E-state index contributed by atoms with van der Waals surface area (Å²) in [4.78, 5) is 37.2. The van der Waals surface area contributed by atoms with E-state index < -0.39 is 23.7 Å². The van der Waals surface area contributed by atoms with E-state index in [1.54, 1.807) is 0 Å². The topological polar surface area (TPSA) is 109 Å². The number of hydrogen-bond acceptors (Lipinski definition) is 4. The van der Waals surface area contributed by atoms with E-state index in [0.717, 1.165) is 29.7 Å². The fourth-order valence-electron chi connectivity index (χ4n) is 4.46. The maximum atomic E-state index is 12.8. The summed E-state index contributed by atoms with van der Waals surface area (Å²) in [7, 11) is 0. The number of amides is 2. The molecule has 0 saturated heterocycles. The van der Waals surface area contributed by atoms with Crippen LogP contribution in [0.25, 0.3) is 0 Å². The van der Waals surface area contributed by atoms with Crippen LogP contribution >= 0.6 is 11.3 Å². The summed E-state index contributed by atoms with van der Waals surface area (Å²) in [6.45, 7) is 0. The third-order valence-corrected chi connectivity index (χ3v) is 6.66. The molecule has 2 amide bonds. The van der Waals surface area contributed by atoms with Crippen molar-refractivity contribution in [3.05, 3.63) is 28.2 Å². The van der Waals surface area contributed by atoms with Gasteiger partial charge in [-0.1, -0.05) is 12.2 Å². The van der Waals surface area contributed by atoms with Crippen molar-refractivity contribution < 1.29 is 19.5 Å². The molecule has 3 aliphatic rings. The van der Waals surface area contributed by atoms with Gasteiger partial charge >= 0.3 is 5.97 Å². The lowest BCUT2D eigenvalue weighted by molar-refractivity contribution is -0.146. The summed E-state index contributed by atoms with van der Waals surface area (Å²) in [5.41, 5.74) is 6.87. The number of rotatable bonds is 4. The van der Waals surface area contributed by atoms with Crippen molar-refractivity contribution in [2.24, 2.45) is 29.4 Å². The molecule has 1 aromatic heterocycles. The molecule has 24 heavy (non-hydrogen) atoms. The van der Waals surface area contributed by atoms with E-state index in [4.69, 9.17) is 5.73 Å². The highest BCUT2D eigenvalue weighted by atomic mass is 32.1. The van der Waals surface area contributed by atoms with E-state index >= 15 is 0 Å². The SMILES string of the molecule is NC(=O)c1c(NC(=O)[C@H]2[C@H](C(=O)O)[C@H]3C=C[C@H]2C3)sc2c1CCC2. The quantitative estimate of drug-likeness (QED) is 0.722. The zero-order valence-electron chi connectivity index (χ0n) is 13.0. The van der Waals surface area contributed by atoms with Crippen LogP contribution in [0.15, 0.2) is 12.2 Å². The minimum absolute atomic E-state index is 0.0417. The molecule has 0 spiro atoms. The van der Waals surface area contributed by atoms with Gasteiger partial charge in [0.1, 0.15) is 5.00 Å². The summed E-state index contributed by atoms with van der Waals surface area (Å²) < 4.78 is 0. The average molecular weight is 346 g/mol. The van der Waals surface area contributed by atoms with E-state index in [0.29, 0.717) is 17.0 Å². The van der Waals surface area contributed by atoms with E-state index in [1.807, 2.05) is 12.2 Å². The molecule has 1 heterocycles. The van der Waals surface area contributed by atoms with Crippen molar-refractivity contribution in [1.82, 2.24) is 0 Å². The van der Waals surface area contributed by atoms with Crippen LogP contribution in [0.1, 0.15) is 33.6 Å². The molecule has 6 nitrogen and oxygen atoms in total. The van der Waals surface area contributed by atoms with Gasteiger partial charge in [-0.25, -0.2) is 0 Å². The average Bonchev–Trinajstić information content (AvgIpc) is 3.24. The lowest BCUT2D eigenvalue weighted by Gasteiger charge is -2.23. The second-order valence-electron chi connectivity index (χ2n) is 6.75. The van der Waals surface area contributed by atoms with Crippen molar-refractivity contribution >= 4 is 34.1 Å². The minimum Gasteiger partial charge on any atom is -0.481 e. The van der Waals surface area contributed by atoms with Crippen molar-refractivity contribution in [3.8, 4) is 0 Å². The predicted molar refractivity (Wildman–Crippen MR) is 88.8 cm³/mol. The van der Waals surface area contributed by atoms with Crippen LogP contribution in [0.5, 0.6) is 0 Å². The molecular formula is C17H18N2O4S. The van der Waals surface area contributed by atoms with Gasteiger partial charge in [0.05, 0.1) is 17.4 Å². The number of aryl methyl sites for hydroxylation is 1. The smallest absolute Gasteiger partial charge is 0.307 e. The third-order valence-electron chi connectivity index (χ3n) is 5.45. The molecule has 4 rings (SSSR count). The number of allylic oxidation sites excluding steroid dienone is 2. The number of hydrogen-bond donors (Lipinski definition) is 3. The number of primary amides is 1. The fraction of sp³-hybridized carbons (Fsp3) is 0.471. The molecule has 0 aromatic carbocycles. The maximum absolute atomic E-state index is 12.8. The van der Waals surface area contributed by atoms with Gasteiger partial charge < -0.3 is 16.2 Å².